The van der Waals surface area contributed by atoms with Crippen LogP contribution in [0.1, 0.15) is 17.3 Å². The van der Waals surface area contributed by atoms with Crippen LogP contribution in [0.2, 0.25) is 5.02 Å². The van der Waals surface area contributed by atoms with E-state index in [1.54, 1.807) is 10.9 Å². The molecule has 1 amide bonds. The molecule has 0 radical (unpaired) electrons. The molecule has 3 heterocycles. The Balaban J connectivity index is 1.58. The average Bonchev–Trinajstić information content (AvgIpc) is 3.35. The van der Waals surface area contributed by atoms with Gasteiger partial charge in [-0.15, -0.1) is 11.3 Å². The van der Waals surface area contributed by atoms with Crippen LogP contribution in [0.25, 0.3) is 10.6 Å². The molecule has 8 nitrogen and oxygen atoms in total. The van der Waals surface area contributed by atoms with Gasteiger partial charge < -0.3 is 5.32 Å². The number of anilines is 1. The van der Waals surface area contributed by atoms with E-state index in [0.29, 0.717) is 0 Å². The lowest BCUT2D eigenvalue weighted by molar-refractivity contribution is -0.120. The topological polar surface area (TPSA) is 96.3 Å². The number of halogens is 2. The lowest BCUT2D eigenvalue weighted by atomic mass is 10.1. The lowest BCUT2D eigenvalue weighted by Gasteiger charge is -2.35. The molecule has 12 heteroatoms. The summed E-state index contributed by atoms with van der Waals surface area (Å²) >= 11 is 7.21. The van der Waals surface area contributed by atoms with Gasteiger partial charge in [-0.05, 0) is 42.8 Å². The van der Waals surface area contributed by atoms with E-state index in [1.807, 2.05) is 25.2 Å². The van der Waals surface area contributed by atoms with Gasteiger partial charge in [-0.3, -0.25) is 9.48 Å². The summed E-state index contributed by atoms with van der Waals surface area (Å²) in [5.74, 6) is -1.13. The van der Waals surface area contributed by atoms with Crippen molar-refractivity contribution in [3.63, 3.8) is 0 Å². The third kappa shape index (κ3) is 4.37. The van der Waals surface area contributed by atoms with E-state index >= 15 is 0 Å². The normalized spacial score (nSPS) is 21.2. The van der Waals surface area contributed by atoms with Gasteiger partial charge in [0, 0.05) is 30.9 Å². The minimum Gasteiger partial charge on any atom is -0.325 e. The first kappa shape index (κ1) is 21.9. The number of carbonyl (C=O) groups excluding carboxylic acids is 1. The predicted molar refractivity (Wildman–Crippen MR) is 118 cm³/mol. The van der Waals surface area contributed by atoms with Crippen LogP contribution < -0.4 is 10.0 Å². The van der Waals surface area contributed by atoms with Gasteiger partial charge in [0.2, 0.25) is 5.91 Å². The fourth-order valence-electron chi connectivity index (χ4n) is 3.39. The average molecular weight is 484 g/mol. The van der Waals surface area contributed by atoms with Crippen LogP contribution in [0.4, 0.5) is 10.1 Å². The zero-order valence-electron chi connectivity index (χ0n) is 16.5. The summed E-state index contributed by atoms with van der Waals surface area (Å²) in [4.78, 5) is 14.6. The number of hydrogen-bond acceptors (Lipinski definition) is 5. The van der Waals surface area contributed by atoms with Crippen molar-refractivity contribution in [1.82, 2.24) is 18.8 Å². The van der Waals surface area contributed by atoms with Gasteiger partial charge in [0.15, 0.2) is 0 Å². The summed E-state index contributed by atoms with van der Waals surface area (Å²) in [5, 5.41) is 6.64. The molecule has 31 heavy (non-hydrogen) atoms. The summed E-state index contributed by atoms with van der Waals surface area (Å²) in [5.41, 5.74) is 1.20. The number of hydrogen-bond donors (Lipinski definition) is 2. The van der Waals surface area contributed by atoms with Crippen LogP contribution in [0.5, 0.6) is 0 Å². The van der Waals surface area contributed by atoms with Crippen molar-refractivity contribution in [1.29, 1.82) is 0 Å². The standard InChI is InChI=1S/C19H19ClFN5O3S2/c1-25-15(7-8-22-25)18-6-5-17(30-18)14-10-16(26(2)31(28,29)24-14)19(27)23-11-3-4-13(21)12(20)9-11/h3-9,14,16,24H,10H2,1-2H3,(H,23,27). The van der Waals surface area contributed by atoms with Crippen molar-refractivity contribution in [2.75, 3.05) is 12.4 Å². The molecule has 164 valence electrons. The van der Waals surface area contributed by atoms with Crippen LogP contribution in [-0.4, -0.2) is 41.5 Å². The van der Waals surface area contributed by atoms with E-state index in [4.69, 9.17) is 11.6 Å². The molecule has 0 saturated carbocycles. The van der Waals surface area contributed by atoms with Crippen molar-refractivity contribution in [2.45, 2.75) is 18.5 Å². The predicted octanol–water partition coefficient (Wildman–Crippen LogP) is 3.16. The number of amides is 1. The maximum atomic E-state index is 13.4. The maximum Gasteiger partial charge on any atom is 0.280 e. The van der Waals surface area contributed by atoms with Crippen molar-refractivity contribution in [2.24, 2.45) is 7.05 Å². The van der Waals surface area contributed by atoms with Gasteiger partial charge in [0.05, 0.1) is 21.6 Å². The number of rotatable bonds is 4. The second kappa shape index (κ2) is 8.32. The molecule has 1 saturated heterocycles. The van der Waals surface area contributed by atoms with E-state index in [2.05, 4.69) is 15.1 Å². The Morgan fingerprint density at radius 2 is 2.06 bits per heavy atom. The first-order chi connectivity index (χ1) is 14.7. The molecule has 0 spiro atoms. The van der Waals surface area contributed by atoms with Gasteiger partial charge in [-0.25, -0.2) is 4.39 Å². The SMILES string of the molecule is CN1C(C(=O)Nc2ccc(F)c(Cl)c2)CC(c2ccc(-c3ccnn3C)s2)NS1(=O)=O. The molecule has 2 atom stereocenters. The molecule has 2 N–H and O–H groups in total. The van der Waals surface area contributed by atoms with Gasteiger partial charge in [0.1, 0.15) is 11.9 Å². The highest BCUT2D eigenvalue weighted by Crippen LogP contribution is 2.36. The Labute approximate surface area is 187 Å². The monoisotopic (exact) mass is 483 g/mol. The molecular weight excluding hydrogens is 465 g/mol. The smallest absolute Gasteiger partial charge is 0.280 e. The van der Waals surface area contributed by atoms with E-state index < -0.39 is 34.0 Å². The van der Waals surface area contributed by atoms with Gasteiger partial charge in [-0.1, -0.05) is 11.6 Å². The number of thiophene rings is 1. The highest BCUT2D eigenvalue weighted by Gasteiger charge is 2.41. The van der Waals surface area contributed by atoms with E-state index in [1.165, 1.54) is 30.5 Å². The Morgan fingerprint density at radius 1 is 1.29 bits per heavy atom. The Kier molecular flexibility index (Phi) is 5.88. The molecule has 1 aliphatic rings. The lowest BCUT2D eigenvalue weighted by Crippen LogP contribution is -2.55. The summed E-state index contributed by atoms with van der Waals surface area (Å²) in [6, 6.07) is 7.88. The number of aryl methyl sites for hydroxylation is 1. The molecule has 2 unspecified atom stereocenters. The number of aromatic nitrogens is 2. The quantitative estimate of drug-likeness (QED) is 0.595. The van der Waals surface area contributed by atoms with E-state index in [0.717, 1.165) is 25.8 Å². The Hall–Kier alpha value is -2.31. The number of carbonyl (C=O) groups is 1. The van der Waals surface area contributed by atoms with E-state index in [-0.39, 0.29) is 17.1 Å². The summed E-state index contributed by atoms with van der Waals surface area (Å²) in [6.45, 7) is 0. The maximum absolute atomic E-state index is 13.4. The van der Waals surface area contributed by atoms with Crippen molar-refractivity contribution < 1.29 is 17.6 Å². The largest absolute Gasteiger partial charge is 0.325 e. The summed E-state index contributed by atoms with van der Waals surface area (Å²) < 4.78 is 44.1. The molecule has 0 aliphatic carbocycles. The molecule has 3 aromatic rings. The van der Waals surface area contributed by atoms with Crippen molar-refractivity contribution in [3.05, 3.63) is 58.3 Å². The van der Waals surface area contributed by atoms with Gasteiger partial charge in [-0.2, -0.15) is 22.5 Å². The van der Waals surface area contributed by atoms with Crippen LogP contribution >= 0.6 is 22.9 Å². The van der Waals surface area contributed by atoms with Crippen LogP contribution in [0.3, 0.4) is 0 Å². The number of benzene rings is 1. The molecular formula is C19H19ClFN5O3S2. The van der Waals surface area contributed by atoms with E-state index in [9.17, 15) is 17.6 Å². The minimum atomic E-state index is -3.89. The summed E-state index contributed by atoms with van der Waals surface area (Å²) in [6.07, 6.45) is 1.91. The fourth-order valence-corrected chi connectivity index (χ4v) is 6.04. The third-order valence-corrected chi connectivity index (χ3v) is 8.21. The highest BCUT2D eigenvalue weighted by atomic mass is 35.5. The van der Waals surface area contributed by atoms with Gasteiger partial charge in [0.25, 0.3) is 10.2 Å². The Bertz CT molecular complexity index is 1240. The number of nitrogens with zero attached hydrogens (tertiary/aromatic N) is 3. The molecule has 4 rings (SSSR count). The molecule has 1 fully saturated rings. The highest BCUT2D eigenvalue weighted by molar-refractivity contribution is 7.87. The first-order valence-electron chi connectivity index (χ1n) is 9.25. The molecule has 2 aromatic heterocycles. The fraction of sp³-hybridized carbons (Fsp3) is 0.263. The first-order valence-corrected chi connectivity index (χ1v) is 11.9. The molecule has 0 bridgehead atoms. The third-order valence-electron chi connectivity index (χ3n) is 5.10. The second-order valence-electron chi connectivity index (χ2n) is 7.10. The zero-order chi connectivity index (χ0) is 22.3. The summed E-state index contributed by atoms with van der Waals surface area (Å²) in [7, 11) is -0.716. The van der Waals surface area contributed by atoms with Crippen LogP contribution in [0.15, 0.2) is 42.6 Å². The molecule has 1 aromatic carbocycles. The number of likely N-dealkylation sites (N-methyl/N-ethyl adjacent to an activating group) is 1. The Morgan fingerprint density at radius 3 is 2.74 bits per heavy atom. The minimum absolute atomic E-state index is 0.136. The van der Waals surface area contributed by atoms with Gasteiger partial charge >= 0.3 is 0 Å². The van der Waals surface area contributed by atoms with Crippen LogP contribution in [-0.2, 0) is 22.1 Å². The van der Waals surface area contributed by atoms with Crippen molar-refractivity contribution >= 4 is 44.7 Å². The van der Waals surface area contributed by atoms with Crippen molar-refractivity contribution in [3.8, 4) is 10.6 Å². The number of nitrogens with one attached hydrogen (secondary N) is 2. The molecule has 1 aliphatic heterocycles. The van der Waals surface area contributed by atoms with Crippen LogP contribution in [0, 0.1) is 5.82 Å². The zero-order valence-corrected chi connectivity index (χ0v) is 18.9. The second-order valence-corrected chi connectivity index (χ2v) is 10.4.